The van der Waals surface area contributed by atoms with Crippen LogP contribution in [0.1, 0.15) is 10.8 Å². The minimum atomic E-state index is 0.620. The van der Waals surface area contributed by atoms with Crippen molar-refractivity contribution in [1.82, 2.24) is 9.36 Å². The summed E-state index contributed by atoms with van der Waals surface area (Å²) < 4.78 is 3.86. The Morgan fingerprint density at radius 3 is 3.00 bits per heavy atom. The highest BCUT2D eigenvalue weighted by molar-refractivity contribution is 7.07. The van der Waals surface area contributed by atoms with Gasteiger partial charge in [0.2, 0.25) is 0 Å². The fourth-order valence-corrected chi connectivity index (χ4v) is 0.949. The summed E-state index contributed by atoms with van der Waals surface area (Å²) in [5, 5.41) is 11.5. The summed E-state index contributed by atoms with van der Waals surface area (Å²) in [5.41, 5.74) is 0. The first kappa shape index (κ1) is 6.15. The molecular weight excluding hydrogens is 138 g/mol. The Kier molecular flexibility index (Phi) is 1.74. The molecule has 0 fully saturated rings. The number of rotatable bonds is 1. The quantitative estimate of drug-likeness (QED) is 0.357. The van der Waals surface area contributed by atoms with E-state index in [4.69, 9.17) is 5.21 Å². The number of nitrogens with zero attached hydrogens (tertiary/aromatic N) is 3. The van der Waals surface area contributed by atoms with E-state index < -0.39 is 0 Å². The first-order chi connectivity index (χ1) is 4.33. The Labute approximate surface area is 56.0 Å². The lowest BCUT2D eigenvalue weighted by Gasteiger charge is -1.72. The number of aromatic nitrogens is 2. The fraction of sp³-hybridized carbons (Fsp3) is 0.250. The van der Waals surface area contributed by atoms with Gasteiger partial charge in [-0.2, -0.15) is 4.37 Å². The summed E-state index contributed by atoms with van der Waals surface area (Å²) in [6.07, 6.45) is 1.25. The van der Waals surface area contributed by atoms with E-state index in [1.165, 1.54) is 17.7 Å². The lowest BCUT2D eigenvalue weighted by Crippen LogP contribution is -1.77. The van der Waals surface area contributed by atoms with E-state index in [2.05, 4.69) is 14.5 Å². The van der Waals surface area contributed by atoms with Gasteiger partial charge >= 0.3 is 0 Å². The third-order valence-corrected chi connectivity index (χ3v) is 1.45. The molecule has 5 heteroatoms. The number of aryl methyl sites for hydroxylation is 1. The normalized spacial score (nSPS) is 10.8. The third kappa shape index (κ3) is 1.46. The predicted molar refractivity (Wildman–Crippen MR) is 34.0 cm³/mol. The molecule has 0 radical (unpaired) electrons. The van der Waals surface area contributed by atoms with Crippen LogP contribution in [0.25, 0.3) is 0 Å². The van der Waals surface area contributed by atoms with Gasteiger partial charge in [0.05, 0.1) is 0 Å². The average molecular weight is 143 g/mol. The zero-order valence-corrected chi connectivity index (χ0v) is 5.59. The first-order valence-electron chi connectivity index (χ1n) is 2.30. The van der Waals surface area contributed by atoms with Crippen LogP contribution in [0.3, 0.4) is 0 Å². The molecule has 1 rings (SSSR count). The van der Waals surface area contributed by atoms with Crippen LogP contribution in [0.5, 0.6) is 0 Å². The minimum Gasteiger partial charge on any atom is -0.411 e. The van der Waals surface area contributed by atoms with Crippen LogP contribution in [0.15, 0.2) is 5.16 Å². The lowest BCUT2D eigenvalue weighted by atomic mass is 10.7. The molecule has 0 amide bonds. The van der Waals surface area contributed by atoms with E-state index in [1.807, 2.05) is 0 Å². The van der Waals surface area contributed by atoms with Gasteiger partial charge in [0, 0.05) is 0 Å². The van der Waals surface area contributed by atoms with Gasteiger partial charge in [0.1, 0.15) is 12.0 Å². The maximum absolute atomic E-state index is 8.04. The van der Waals surface area contributed by atoms with Crippen molar-refractivity contribution in [2.75, 3.05) is 0 Å². The van der Waals surface area contributed by atoms with E-state index in [-0.39, 0.29) is 0 Å². The lowest BCUT2D eigenvalue weighted by molar-refractivity contribution is 0.322. The highest BCUT2D eigenvalue weighted by Crippen LogP contribution is 1.98. The van der Waals surface area contributed by atoms with E-state index in [9.17, 15) is 0 Å². The van der Waals surface area contributed by atoms with Crippen LogP contribution in [0.2, 0.25) is 0 Å². The molecule has 0 unspecified atom stereocenters. The number of oxime groups is 1. The van der Waals surface area contributed by atoms with Crippen molar-refractivity contribution in [3.05, 3.63) is 10.8 Å². The van der Waals surface area contributed by atoms with Crippen LogP contribution in [-0.4, -0.2) is 20.8 Å². The zero-order chi connectivity index (χ0) is 6.69. The molecule has 1 aromatic heterocycles. The molecule has 48 valence electrons. The Hall–Kier alpha value is -0.970. The van der Waals surface area contributed by atoms with Crippen LogP contribution in [0.4, 0.5) is 0 Å². The van der Waals surface area contributed by atoms with Gasteiger partial charge in [-0.15, -0.1) is 0 Å². The van der Waals surface area contributed by atoms with Crippen molar-refractivity contribution in [3.63, 3.8) is 0 Å². The first-order valence-corrected chi connectivity index (χ1v) is 3.08. The summed E-state index contributed by atoms with van der Waals surface area (Å²) in [6.45, 7) is 1.78. The minimum absolute atomic E-state index is 0.620. The molecule has 0 spiro atoms. The predicted octanol–water partition coefficient (Wildman–Crippen LogP) is 0.655. The largest absolute Gasteiger partial charge is 0.411 e. The van der Waals surface area contributed by atoms with Crippen molar-refractivity contribution < 1.29 is 5.21 Å². The molecular formula is C4H5N3OS. The van der Waals surface area contributed by atoms with Crippen molar-refractivity contribution in [2.45, 2.75) is 6.92 Å². The van der Waals surface area contributed by atoms with E-state index >= 15 is 0 Å². The van der Waals surface area contributed by atoms with Gasteiger partial charge in [-0.05, 0) is 18.5 Å². The molecule has 0 aliphatic carbocycles. The van der Waals surface area contributed by atoms with Gasteiger partial charge in [-0.1, -0.05) is 5.16 Å². The van der Waals surface area contributed by atoms with Gasteiger partial charge in [0.25, 0.3) is 0 Å². The molecule has 1 aromatic rings. The average Bonchev–Trinajstić information content (AvgIpc) is 2.17. The molecule has 0 aliphatic heterocycles. The van der Waals surface area contributed by atoms with Gasteiger partial charge in [-0.3, -0.25) is 0 Å². The second kappa shape index (κ2) is 2.54. The van der Waals surface area contributed by atoms with Gasteiger partial charge < -0.3 is 5.21 Å². The SMILES string of the molecule is Cc1nsc(C=NO)n1. The molecule has 0 aromatic carbocycles. The second-order valence-electron chi connectivity index (χ2n) is 1.42. The van der Waals surface area contributed by atoms with Crippen LogP contribution >= 0.6 is 11.5 Å². The maximum atomic E-state index is 8.04. The molecule has 1 heterocycles. The zero-order valence-electron chi connectivity index (χ0n) is 4.77. The molecule has 1 N–H and O–H groups in total. The van der Waals surface area contributed by atoms with Crippen molar-refractivity contribution >= 4 is 17.7 Å². The van der Waals surface area contributed by atoms with Crippen LogP contribution in [-0.2, 0) is 0 Å². The molecule has 0 saturated heterocycles. The monoisotopic (exact) mass is 143 g/mol. The highest BCUT2D eigenvalue weighted by Gasteiger charge is 1.93. The molecule has 0 atom stereocenters. The van der Waals surface area contributed by atoms with Crippen LogP contribution in [0, 0.1) is 6.92 Å². The van der Waals surface area contributed by atoms with E-state index in [0.29, 0.717) is 10.8 Å². The van der Waals surface area contributed by atoms with E-state index in [1.54, 1.807) is 6.92 Å². The van der Waals surface area contributed by atoms with Gasteiger partial charge in [-0.25, -0.2) is 4.98 Å². The summed E-state index contributed by atoms with van der Waals surface area (Å²) in [7, 11) is 0. The Bertz CT molecular complexity index is 219. The number of hydrogen-bond donors (Lipinski definition) is 1. The molecule has 9 heavy (non-hydrogen) atoms. The highest BCUT2D eigenvalue weighted by atomic mass is 32.1. The summed E-state index contributed by atoms with van der Waals surface area (Å²) >= 11 is 1.20. The topological polar surface area (TPSA) is 58.4 Å². The molecule has 0 aliphatic rings. The third-order valence-electron chi connectivity index (χ3n) is 0.711. The Balaban J connectivity index is 2.85. The maximum Gasteiger partial charge on any atom is 0.158 e. The summed E-state index contributed by atoms with van der Waals surface area (Å²) in [6, 6.07) is 0. The standard InChI is InChI=1S/C4H5N3OS/c1-3-6-4(2-5-8)9-7-3/h2,8H,1H3. The summed E-state index contributed by atoms with van der Waals surface area (Å²) in [5.74, 6) is 0.704. The number of hydrogen-bond acceptors (Lipinski definition) is 5. The Morgan fingerprint density at radius 2 is 2.56 bits per heavy atom. The van der Waals surface area contributed by atoms with Crippen molar-refractivity contribution in [2.24, 2.45) is 5.16 Å². The fourth-order valence-electron chi connectivity index (χ4n) is 0.415. The van der Waals surface area contributed by atoms with Crippen LogP contribution < -0.4 is 0 Å². The van der Waals surface area contributed by atoms with Gasteiger partial charge in [0.15, 0.2) is 5.01 Å². The Morgan fingerprint density at radius 1 is 1.78 bits per heavy atom. The summed E-state index contributed by atoms with van der Waals surface area (Å²) in [4.78, 5) is 3.90. The van der Waals surface area contributed by atoms with Crippen molar-refractivity contribution in [1.29, 1.82) is 0 Å². The van der Waals surface area contributed by atoms with E-state index in [0.717, 1.165) is 0 Å². The van der Waals surface area contributed by atoms with Crippen molar-refractivity contribution in [3.8, 4) is 0 Å². The smallest absolute Gasteiger partial charge is 0.158 e. The molecule has 4 nitrogen and oxygen atoms in total. The molecule has 0 bridgehead atoms. The second-order valence-corrected chi connectivity index (χ2v) is 2.21. The molecule has 0 saturated carbocycles.